The number of quaternary nitrogens is 1. The molecule has 5 rings (SSSR count). The van der Waals surface area contributed by atoms with Crippen LogP contribution in [0.3, 0.4) is 0 Å². The van der Waals surface area contributed by atoms with Gasteiger partial charge in [-0.05, 0) is 24.1 Å². The number of ether oxygens (including phenoxy) is 3. The molecule has 5 heteroatoms. The van der Waals surface area contributed by atoms with E-state index in [1.54, 1.807) is 0 Å². The normalized spacial score (nSPS) is 32.2. The van der Waals surface area contributed by atoms with Crippen molar-refractivity contribution in [2.75, 3.05) is 39.5 Å². The molecule has 5 nitrogen and oxygen atoms in total. The Hall–Kier alpha value is -1.79. The zero-order valence-electron chi connectivity index (χ0n) is 16.4. The number of fused-ring (bicyclic) bond motifs is 3. The van der Waals surface area contributed by atoms with E-state index in [0.29, 0.717) is 6.61 Å². The molecule has 0 aromatic heterocycles. The standard InChI is InChI=1S/C23H28NO4/c1-2-3-12-27-23(28-21-16-24(21)10-13-26-14-11-24)9-8-18-17-6-4-5-7-19(17)22(25)20(18)15-23/h4-9,15,18,21H,2-3,10-14,16H2,1H3/q+1. The van der Waals surface area contributed by atoms with Crippen LogP contribution in [0.4, 0.5) is 0 Å². The highest BCUT2D eigenvalue weighted by atomic mass is 16.7. The Balaban J connectivity index is 1.42. The van der Waals surface area contributed by atoms with Crippen LogP contribution in [-0.2, 0) is 14.2 Å². The number of nitrogens with zero attached hydrogens (tertiary/aromatic N) is 1. The van der Waals surface area contributed by atoms with Crippen molar-refractivity contribution in [3.63, 3.8) is 0 Å². The lowest BCUT2D eigenvalue weighted by Crippen LogP contribution is -2.44. The molecule has 28 heavy (non-hydrogen) atoms. The van der Waals surface area contributed by atoms with Crippen LogP contribution in [0.1, 0.15) is 41.6 Å². The van der Waals surface area contributed by atoms with Crippen LogP contribution in [0.25, 0.3) is 0 Å². The number of hydrogen-bond donors (Lipinski definition) is 0. The van der Waals surface area contributed by atoms with Crippen molar-refractivity contribution in [1.29, 1.82) is 0 Å². The fraction of sp³-hybridized carbons (Fsp3) is 0.522. The predicted octanol–water partition coefficient (Wildman–Crippen LogP) is 3.18. The van der Waals surface area contributed by atoms with Gasteiger partial charge >= 0.3 is 0 Å². The third-order valence-electron chi connectivity index (χ3n) is 6.52. The first-order valence-electron chi connectivity index (χ1n) is 10.5. The smallest absolute Gasteiger partial charge is 0.247 e. The third-order valence-corrected chi connectivity index (χ3v) is 6.52. The number of carbonyl (C=O) groups excluding carboxylic acids is 1. The fourth-order valence-corrected chi connectivity index (χ4v) is 4.67. The lowest BCUT2D eigenvalue weighted by atomic mass is 9.90. The number of carbonyl (C=O) groups is 1. The zero-order chi connectivity index (χ0) is 19.2. The molecule has 2 aliphatic carbocycles. The molecule has 4 aliphatic rings. The molecular weight excluding hydrogens is 354 g/mol. The topological polar surface area (TPSA) is 44.8 Å². The Kier molecular flexibility index (Phi) is 4.51. The number of ketones is 1. The van der Waals surface area contributed by atoms with E-state index >= 15 is 0 Å². The van der Waals surface area contributed by atoms with E-state index in [-0.39, 0.29) is 17.9 Å². The van der Waals surface area contributed by atoms with Gasteiger partial charge in [0.2, 0.25) is 12.0 Å². The molecule has 0 saturated carbocycles. The summed E-state index contributed by atoms with van der Waals surface area (Å²) in [5, 5.41) is 0. The molecule has 0 amide bonds. The lowest BCUT2D eigenvalue weighted by molar-refractivity contribution is -0.839. The number of Topliss-reactive ketones (excluding diaryl/α,β-unsaturated/α-hetero) is 1. The second-order valence-electron chi connectivity index (χ2n) is 8.31. The Morgan fingerprint density at radius 3 is 2.89 bits per heavy atom. The highest BCUT2D eigenvalue weighted by molar-refractivity contribution is 6.15. The van der Waals surface area contributed by atoms with Crippen molar-refractivity contribution in [2.45, 2.75) is 37.7 Å². The van der Waals surface area contributed by atoms with E-state index in [4.69, 9.17) is 14.2 Å². The summed E-state index contributed by atoms with van der Waals surface area (Å²) in [6.45, 7) is 7.32. The summed E-state index contributed by atoms with van der Waals surface area (Å²) in [4.78, 5) is 13.0. The average Bonchev–Trinajstić information content (AvgIpc) is 3.28. The number of hydrogen-bond acceptors (Lipinski definition) is 4. The van der Waals surface area contributed by atoms with E-state index in [1.165, 1.54) is 0 Å². The van der Waals surface area contributed by atoms with Crippen LogP contribution in [0.15, 0.2) is 48.1 Å². The summed E-state index contributed by atoms with van der Waals surface area (Å²) in [6.07, 6.45) is 8.22. The van der Waals surface area contributed by atoms with Crippen LogP contribution in [0.2, 0.25) is 0 Å². The zero-order valence-corrected chi connectivity index (χ0v) is 16.4. The summed E-state index contributed by atoms with van der Waals surface area (Å²) in [6, 6.07) is 7.88. The highest BCUT2D eigenvalue weighted by Gasteiger charge is 2.60. The summed E-state index contributed by atoms with van der Waals surface area (Å²) < 4.78 is 19.3. The average molecular weight is 382 g/mol. The first kappa shape index (κ1) is 18.3. The molecule has 148 valence electrons. The number of morpholine rings is 1. The second kappa shape index (κ2) is 6.92. The first-order valence-corrected chi connectivity index (χ1v) is 10.5. The molecular formula is C23H28NO4+. The molecule has 3 atom stereocenters. The van der Waals surface area contributed by atoms with Crippen LogP contribution in [0.5, 0.6) is 0 Å². The van der Waals surface area contributed by atoms with Gasteiger partial charge in [-0.3, -0.25) is 14.0 Å². The highest BCUT2D eigenvalue weighted by Crippen LogP contribution is 2.45. The van der Waals surface area contributed by atoms with Crippen molar-refractivity contribution >= 4 is 5.78 Å². The number of allylic oxidation sites excluding steroid dienone is 2. The maximum absolute atomic E-state index is 13.0. The first-order chi connectivity index (χ1) is 13.7. The number of unbranched alkanes of at least 4 members (excludes halogenated alkanes) is 1. The van der Waals surface area contributed by atoms with Crippen molar-refractivity contribution in [3.05, 3.63) is 59.2 Å². The van der Waals surface area contributed by atoms with E-state index in [9.17, 15) is 4.79 Å². The Labute approximate surface area is 166 Å². The SMILES string of the molecule is CCCCOC1(OC2C[N+]23CCOCC3)C=CC2C(=C1)C(=O)c1ccccc12. The van der Waals surface area contributed by atoms with Crippen molar-refractivity contribution in [2.24, 2.45) is 0 Å². The Morgan fingerprint density at radius 1 is 1.25 bits per heavy atom. The predicted molar refractivity (Wildman–Crippen MR) is 105 cm³/mol. The van der Waals surface area contributed by atoms with Gasteiger partial charge in [0.05, 0.1) is 19.8 Å². The van der Waals surface area contributed by atoms with Gasteiger partial charge in [0.25, 0.3) is 0 Å². The monoisotopic (exact) mass is 382 g/mol. The van der Waals surface area contributed by atoms with Gasteiger partial charge in [-0.25, -0.2) is 0 Å². The summed E-state index contributed by atoms with van der Waals surface area (Å²) >= 11 is 0. The molecule has 2 saturated heterocycles. The second-order valence-corrected chi connectivity index (χ2v) is 8.31. The molecule has 3 unspecified atom stereocenters. The van der Waals surface area contributed by atoms with E-state index in [1.807, 2.05) is 36.4 Å². The van der Waals surface area contributed by atoms with E-state index < -0.39 is 5.79 Å². The molecule has 2 heterocycles. The molecule has 2 fully saturated rings. The molecule has 1 aromatic carbocycles. The maximum atomic E-state index is 13.0. The van der Waals surface area contributed by atoms with Gasteiger partial charge < -0.3 is 9.47 Å². The van der Waals surface area contributed by atoms with Gasteiger partial charge in [-0.1, -0.05) is 43.7 Å². The van der Waals surface area contributed by atoms with Gasteiger partial charge in [0.15, 0.2) is 12.3 Å². The van der Waals surface area contributed by atoms with E-state index in [0.717, 1.165) is 66.9 Å². The third kappa shape index (κ3) is 2.98. The molecule has 0 radical (unpaired) electrons. The molecule has 2 aliphatic heterocycles. The number of rotatable bonds is 6. The van der Waals surface area contributed by atoms with Crippen molar-refractivity contribution in [3.8, 4) is 0 Å². The van der Waals surface area contributed by atoms with Gasteiger partial charge in [0.1, 0.15) is 13.1 Å². The lowest BCUT2D eigenvalue weighted by Gasteiger charge is -2.33. The van der Waals surface area contributed by atoms with Crippen LogP contribution in [-0.4, -0.2) is 61.7 Å². The minimum absolute atomic E-state index is 0.0148. The van der Waals surface area contributed by atoms with E-state index in [2.05, 4.69) is 13.0 Å². The Bertz CT molecular complexity index is 839. The minimum Gasteiger partial charge on any atom is -0.370 e. The van der Waals surface area contributed by atoms with Crippen molar-refractivity contribution in [1.82, 2.24) is 0 Å². The van der Waals surface area contributed by atoms with Crippen LogP contribution >= 0.6 is 0 Å². The fourth-order valence-electron chi connectivity index (χ4n) is 4.67. The minimum atomic E-state index is -0.941. The summed E-state index contributed by atoms with van der Waals surface area (Å²) in [7, 11) is 0. The quantitative estimate of drug-likeness (QED) is 0.249. The largest absolute Gasteiger partial charge is 0.370 e. The molecule has 1 spiro atoms. The van der Waals surface area contributed by atoms with Crippen molar-refractivity contribution < 1.29 is 23.5 Å². The Morgan fingerprint density at radius 2 is 2.07 bits per heavy atom. The maximum Gasteiger partial charge on any atom is 0.247 e. The van der Waals surface area contributed by atoms with Crippen LogP contribution < -0.4 is 0 Å². The molecule has 0 N–H and O–H groups in total. The summed E-state index contributed by atoms with van der Waals surface area (Å²) in [5.74, 6) is -0.826. The number of benzene rings is 1. The van der Waals surface area contributed by atoms with Gasteiger partial charge in [0, 0.05) is 17.1 Å². The molecule has 0 bridgehead atoms. The molecule has 1 aromatic rings. The summed E-state index contributed by atoms with van der Waals surface area (Å²) in [5.41, 5.74) is 2.67. The van der Waals surface area contributed by atoms with Gasteiger partial charge in [-0.2, -0.15) is 0 Å². The van der Waals surface area contributed by atoms with Crippen LogP contribution in [0, 0.1) is 0 Å². The van der Waals surface area contributed by atoms with Gasteiger partial charge in [-0.15, -0.1) is 0 Å².